The van der Waals surface area contributed by atoms with Crippen LogP contribution in [-0.4, -0.2) is 15.6 Å². The molecule has 0 aliphatic rings. The molecule has 0 N–H and O–H groups in total. The molecule has 0 aliphatic carbocycles. The van der Waals surface area contributed by atoms with E-state index in [-0.39, 0.29) is 4.84 Å². The van der Waals surface area contributed by atoms with Gasteiger partial charge in [0.2, 0.25) is 0 Å². The summed E-state index contributed by atoms with van der Waals surface area (Å²) in [5.74, 6) is 0.705. The van der Waals surface area contributed by atoms with E-state index in [2.05, 4.69) is 4.98 Å². The molecular weight excluding hydrogens is 209 g/mol. The monoisotopic (exact) mass is 213 g/mol. The Morgan fingerprint density at radius 2 is 2.50 bits per heavy atom. The van der Waals surface area contributed by atoms with Crippen LogP contribution in [0.15, 0.2) is 15.9 Å². The molecule has 0 unspecified atom stereocenters. The van der Waals surface area contributed by atoms with E-state index >= 15 is 0 Å². The molecule has 0 radical (unpaired) electrons. The SMILES string of the molecule is ClC(Cl)CSc1nccs1. The highest BCUT2D eigenvalue weighted by Gasteiger charge is 2.01. The van der Waals surface area contributed by atoms with Crippen molar-refractivity contribution >= 4 is 46.3 Å². The highest BCUT2D eigenvalue weighted by atomic mass is 35.5. The van der Waals surface area contributed by atoms with Gasteiger partial charge in [0.25, 0.3) is 0 Å². The second-order valence-corrected chi connectivity index (χ2v) is 4.94. The van der Waals surface area contributed by atoms with E-state index < -0.39 is 0 Å². The third kappa shape index (κ3) is 3.10. The van der Waals surface area contributed by atoms with Crippen LogP contribution in [0.1, 0.15) is 0 Å². The summed E-state index contributed by atoms with van der Waals surface area (Å²) in [6, 6.07) is 0. The molecule has 0 aromatic carbocycles. The zero-order valence-electron chi connectivity index (χ0n) is 4.96. The van der Waals surface area contributed by atoms with Gasteiger partial charge < -0.3 is 0 Å². The molecule has 56 valence electrons. The van der Waals surface area contributed by atoms with Crippen molar-refractivity contribution in [1.82, 2.24) is 4.98 Å². The molecule has 0 spiro atoms. The Morgan fingerprint density at radius 3 is 3.00 bits per heavy atom. The number of rotatable bonds is 3. The van der Waals surface area contributed by atoms with Crippen molar-refractivity contribution in [1.29, 1.82) is 0 Å². The molecular formula is C5H5Cl2NS2. The Kier molecular flexibility index (Phi) is 3.84. The topological polar surface area (TPSA) is 12.9 Å². The van der Waals surface area contributed by atoms with Gasteiger partial charge in [-0.1, -0.05) is 11.8 Å². The van der Waals surface area contributed by atoms with Crippen molar-refractivity contribution in [2.45, 2.75) is 9.18 Å². The lowest BCUT2D eigenvalue weighted by Gasteiger charge is -1.95. The van der Waals surface area contributed by atoms with Crippen LogP contribution in [0.4, 0.5) is 0 Å². The van der Waals surface area contributed by atoms with Crippen molar-refractivity contribution in [3.05, 3.63) is 11.6 Å². The average molecular weight is 214 g/mol. The molecule has 0 amide bonds. The first-order valence-corrected chi connectivity index (χ1v) is 5.33. The lowest BCUT2D eigenvalue weighted by Crippen LogP contribution is -1.88. The molecule has 1 nitrogen and oxygen atoms in total. The smallest absolute Gasteiger partial charge is 0.149 e. The summed E-state index contributed by atoms with van der Waals surface area (Å²) in [5.41, 5.74) is 0. The lowest BCUT2D eigenvalue weighted by atomic mass is 10.9. The molecule has 10 heavy (non-hydrogen) atoms. The average Bonchev–Trinajstić information content (AvgIpc) is 2.34. The molecule has 1 heterocycles. The maximum atomic E-state index is 5.52. The van der Waals surface area contributed by atoms with Crippen molar-refractivity contribution in [3.63, 3.8) is 0 Å². The predicted octanol–water partition coefficient (Wildman–Crippen LogP) is 3.04. The second kappa shape index (κ2) is 4.44. The van der Waals surface area contributed by atoms with Crippen molar-refractivity contribution in [2.75, 3.05) is 5.75 Å². The van der Waals surface area contributed by atoms with Gasteiger partial charge in [0.05, 0.1) is 0 Å². The molecule has 1 rings (SSSR count). The van der Waals surface area contributed by atoms with Gasteiger partial charge in [-0.15, -0.1) is 34.5 Å². The predicted molar refractivity (Wildman–Crippen MR) is 48.3 cm³/mol. The van der Waals surface area contributed by atoms with E-state index in [4.69, 9.17) is 23.2 Å². The number of hydrogen-bond donors (Lipinski definition) is 0. The maximum Gasteiger partial charge on any atom is 0.149 e. The number of hydrogen-bond acceptors (Lipinski definition) is 3. The fourth-order valence-electron chi connectivity index (χ4n) is 0.416. The summed E-state index contributed by atoms with van der Waals surface area (Å²) in [5, 5.41) is 1.93. The number of halogens is 2. The Morgan fingerprint density at radius 1 is 1.70 bits per heavy atom. The van der Waals surface area contributed by atoms with Crippen LogP contribution in [0, 0.1) is 0 Å². The Labute approximate surface area is 77.8 Å². The van der Waals surface area contributed by atoms with Gasteiger partial charge >= 0.3 is 0 Å². The minimum absolute atomic E-state index is 0.297. The first-order chi connectivity index (χ1) is 4.79. The highest BCUT2D eigenvalue weighted by Crippen LogP contribution is 2.23. The Balaban J connectivity index is 2.28. The van der Waals surface area contributed by atoms with Gasteiger partial charge in [-0.2, -0.15) is 0 Å². The van der Waals surface area contributed by atoms with Gasteiger partial charge in [-0.3, -0.25) is 0 Å². The molecule has 1 aromatic rings. The Hall–Kier alpha value is 0.560. The molecule has 0 atom stereocenters. The molecule has 0 fully saturated rings. The fourth-order valence-corrected chi connectivity index (χ4v) is 2.20. The minimum Gasteiger partial charge on any atom is -0.238 e. The van der Waals surface area contributed by atoms with E-state index in [1.807, 2.05) is 5.38 Å². The zero-order valence-corrected chi connectivity index (χ0v) is 8.10. The van der Waals surface area contributed by atoms with Gasteiger partial charge in [0.15, 0.2) is 0 Å². The summed E-state index contributed by atoms with van der Waals surface area (Å²) < 4.78 is 1.02. The first kappa shape index (κ1) is 8.65. The highest BCUT2D eigenvalue weighted by molar-refractivity contribution is 8.01. The van der Waals surface area contributed by atoms with Crippen molar-refractivity contribution in [2.24, 2.45) is 0 Å². The Bertz CT molecular complexity index is 176. The summed E-state index contributed by atoms with van der Waals surface area (Å²) in [7, 11) is 0. The number of aromatic nitrogens is 1. The zero-order chi connectivity index (χ0) is 7.40. The minimum atomic E-state index is -0.297. The number of nitrogens with zero attached hydrogens (tertiary/aromatic N) is 1. The molecule has 0 saturated heterocycles. The van der Waals surface area contributed by atoms with Crippen LogP contribution in [0.25, 0.3) is 0 Å². The maximum absolute atomic E-state index is 5.52. The van der Waals surface area contributed by atoms with E-state index in [1.165, 1.54) is 0 Å². The van der Waals surface area contributed by atoms with Gasteiger partial charge in [-0.25, -0.2) is 4.98 Å². The van der Waals surface area contributed by atoms with Crippen LogP contribution in [-0.2, 0) is 0 Å². The lowest BCUT2D eigenvalue weighted by molar-refractivity contribution is 1.24. The summed E-state index contributed by atoms with van der Waals surface area (Å²) in [6.45, 7) is 0. The molecule has 1 aromatic heterocycles. The largest absolute Gasteiger partial charge is 0.238 e. The summed E-state index contributed by atoms with van der Waals surface area (Å²) >= 11 is 14.2. The van der Waals surface area contributed by atoms with Gasteiger partial charge in [0, 0.05) is 17.3 Å². The summed E-state index contributed by atoms with van der Waals surface area (Å²) in [4.78, 5) is 3.76. The first-order valence-electron chi connectivity index (χ1n) is 2.59. The van der Waals surface area contributed by atoms with Crippen LogP contribution in [0.2, 0.25) is 0 Å². The number of thioether (sulfide) groups is 1. The third-order valence-corrected chi connectivity index (χ3v) is 3.48. The van der Waals surface area contributed by atoms with Crippen LogP contribution < -0.4 is 0 Å². The van der Waals surface area contributed by atoms with Gasteiger partial charge in [0.1, 0.15) is 9.18 Å². The van der Waals surface area contributed by atoms with E-state index in [9.17, 15) is 0 Å². The normalized spacial score (nSPS) is 10.7. The standard InChI is InChI=1S/C5H5Cl2NS2/c6-4(7)3-10-5-8-1-2-9-5/h1-2,4H,3H2. The van der Waals surface area contributed by atoms with Crippen LogP contribution in [0.3, 0.4) is 0 Å². The second-order valence-electron chi connectivity index (χ2n) is 1.50. The quantitative estimate of drug-likeness (QED) is 0.566. The van der Waals surface area contributed by atoms with E-state index in [0.717, 1.165) is 4.34 Å². The van der Waals surface area contributed by atoms with Crippen LogP contribution >= 0.6 is 46.3 Å². The van der Waals surface area contributed by atoms with Gasteiger partial charge in [-0.05, 0) is 0 Å². The molecule has 0 saturated carbocycles. The molecule has 5 heteroatoms. The van der Waals surface area contributed by atoms with E-state index in [1.54, 1.807) is 29.3 Å². The third-order valence-electron chi connectivity index (χ3n) is 0.742. The number of alkyl halides is 2. The van der Waals surface area contributed by atoms with E-state index in [0.29, 0.717) is 5.75 Å². The summed E-state index contributed by atoms with van der Waals surface area (Å²) in [6.07, 6.45) is 1.77. The fraction of sp³-hybridized carbons (Fsp3) is 0.400. The van der Waals surface area contributed by atoms with Crippen molar-refractivity contribution < 1.29 is 0 Å². The molecule has 0 aliphatic heterocycles. The van der Waals surface area contributed by atoms with Crippen molar-refractivity contribution in [3.8, 4) is 0 Å². The number of thiazole rings is 1. The van der Waals surface area contributed by atoms with Crippen LogP contribution in [0.5, 0.6) is 0 Å². The molecule has 0 bridgehead atoms.